The number of carbonyl (C=O) groups is 1. The van der Waals surface area contributed by atoms with Crippen LogP contribution in [-0.2, 0) is 13.0 Å². The van der Waals surface area contributed by atoms with E-state index in [1.165, 1.54) is 48.0 Å². The largest absolute Gasteiger partial charge is 0.339 e. The van der Waals surface area contributed by atoms with Crippen LogP contribution in [-0.4, -0.2) is 58.0 Å². The highest BCUT2D eigenvalue weighted by Crippen LogP contribution is 2.29. The van der Waals surface area contributed by atoms with E-state index in [4.69, 9.17) is 4.98 Å². The van der Waals surface area contributed by atoms with Crippen molar-refractivity contribution in [3.8, 4) is 0 Å². The van der Waals surface area contributed by atoms with E-state index < -0.39 is 0 Å². The highest BCUT2D eigenvalue weighted by Gasteiger charge is 2.20. The van der Waals surface area contributed by atoms with Gasteiger partial charge >= 0.3 is 0 Å². The molecular formula is C35H48N4OS. The molecule has 220 valence electrons. The molecule has 6 heteroatoms. The maximum Gasteiger partial charge on any atom is 0.253 e. The number of likely N-dealkylation sites (tertiary alicyclic amines) is 1. The lowest BCUT2D eigenvalue weighted by atomic mass is 10.1. The van der Waals surface area contributed by atoms with Gasteiger partial charge in [-0.05, 0) is 104 Å². The number of thiophene rings is 1. The second-order valence-corrected chi connectivity index (χ2v) is 13.6. The van der Waals surface area contributed by atoms with Gasteiger partial charge in [0.1, 0.15) is 5.82 Å². The van der Waals surface area contributed by atoms with Crippen molar-refractivity contribution < 1.29 is 4.79 Å². The molecule has 1 fully saturated rings. The highest BCUT2D eigenvalue weighted by molar-refractivity contribution is 7.17. The van der Waals surface area contributed by atoms with Crippen molar-refractivity contribution in [3.63, 3.8) is 0 Å². The minimum Gasteiger partial charge on any atom is -0.339 e. The minimum absolute atomic E-state index is 0.152. The van der Waals surface area contributed by atoms with E-state index in [9.17, 15) is 4.79 Å². The molecule has 0 unspecified atom stereocenters. The lowest BCUT2D eigenvalue weighted by Crippen LogP contribution is -2.34. The van der Waals surface area contributed by atoms with Crippen LogP contribution in [0, 0.1) is 11.8 Å². The van der Waals surface area contributed by atoms with Crippen LogP contribution in [0.4, 0.5) is 0 Å². The Bertz CT molecular complexity index is 1420. The molecule has 5 rings (SSSR count). The fraction of sp³-hybridized carbons (Fsp3) is 0.543. The van der Waals surface area contributed by atoms with E-state index >= 15 is 0 Å². The molecule has 0 radical (unpaired) electrons. The predicted molar refractivity (Wildman–Crippen MR) is 174 cm³/mol. The number of aromatic nitrogens is 2. The zero-order valence-corrected chi connectivity index (χ0v) is 26.4. The van der Waals surface area contributed by atoms with Crippen LogP contribution < -0.4 is 0 Å². The smallest absolute Gasteiger partial charge is 0.253 e. The lowest BCUT2D eigenvalue weighted by molar-refractivity contribution is 0.0741. The van der Waals surface area contributed by atoms with Crippen molar-refractivity contribution in [3.05, 3.63) is 64.8 Å². The number of amides is 1. The summed E-state index contributed by atoms with van der Waals surface area (Å²) in [5, 5.41) is 3.62. The van der Waals surface area contributed by atoms with Crippen LogP contribution in [0.25, 0.3) is 21.1 Å². The summed E-state index contributed by atoms with van der Waals surface area (Å²) >= 11 is 1.81. The van der Waals surface area contributed by atoms with E-state index in [-0.39, 0.29) is 5.91 Å². The first-order chi connectivity index (χ1) is 19.9. The van der Waals surface area contributed by atoms with Gasteiger partial charge in [0.15, 0.2) is 0 Å². The zero-order valence-electron chi connectivity index (χ0n) is 25.6. The molecule has 0 spiro atoms. The SMILES string of the molecule is CC(C)CCN(CCC(C)C)C(=O)c1ccc2nc(Cc3csc4ccccc34)n(CCCN3CCCCC3)c2c1. The summed E-state index contributed by atoms with van der Waals surface area (Å²) in [6.07, 6.45) is 7.96. The maximum absolute atomic E-state index is 13.8. The molecule has 4 aromatic rings. The average molecular weight is 573 g/mol. The Balaban J connectivity index is 1.44. The number of fused-ring (bicyclic) bond motifs is 2. The predicted octanol–water partition coefficient (Wildman–Crippen LogP) is 8.25. The zero-order chi connectivity index (χ0) is 28.8. The van der Waals surface area contributed by atoms with Gasteiger partial charge in [0.05, 0.1) is 11.0 Å². The van der Waals surface area contributed by atoms with Gasteiger partial charge in [0, 0.05) is 36.3 Å². The fourth-order valence-electron chi connectivity index (χ4n) is 5.99. The number of piperidine rings is 1. The van der Waals surface area contributed by atoms with Crippen molar-refractivity contribution in [2.24, 2.45) is 11.8 Å². The molecule has 3 heterocycles. The van der Waals surface area contributed by atoms with Crippen LogP contribution in [0.15, 0.2) is 47.8 Å². The van der Waals surface area contributed by atoms with E-state index in [0.717, 1.165) is 74.3 Å². The van der Waals surface area contributed by atoms with Gasteiger partial charge in [0.25, 0.3) is 5.91 Å². The van der Waals surface area contributed by atoms with Crippen molar-refractivity contribution >= 4 is 38.4 Å². The molecule has 1 aliphatic rings. The first-order valence-corrected chi connectivity index (χ1v) is 16.7. The maximum atomic E-state index is 13.8. The molecule has 2 aromatic carbocycles. The van der Waals surface area contributed by atoms with Crippen molar-refractivity contribution in [1.82, 2.24) is 19.4 Å². The van der Waals surface area contributed by atoms with Gasteiger partial charge in [-0.1, -0.05) is 52.3 Å². The number of hydrogen-bond donors (Lipinski definition) is 0. The third-order valence-corrected chi connectivity index (χ3v) is 9.54. The number of nitrogens with zero attached hydrogens (tertiary/aromatic N) is 4. The highest BCUT2D eigenvalue weighted by atomic mass is 32.1. The average Bonchev–Trinajstić information content (AvgIpc) is 3.54. The van der Waals surface area contributed by atoms with Gasteiger partial charge in [0.2, 0.25) is 0 Å². The Labute approximate surface area is 250 Å². The fourth-order valence-corrected chi connectivity index (χ4v) is 6.95. The first kappa shape index (κ1) is 29.8. The molecule has 0 bridgehead atoms. The van der Waals surface area contributed by atoms with Gasteiger partial charge in [-0.25, -0.2) is 4.98 Å². The van der Waals surface area contributed by atoms with Crippen molar-refractivity contribution in [2.75, 3.05) is 32.7 Å². The third kappa shape index (κ3) is 7.58. The summed E-state index contributed by atoms with van der Waals surface area (Å²) in [4.78, 5) is 23.7. The second-order valence-electron chi connectivity index (χ2n) is 12.7. The van der Waals surface area contributed by atoms with Crippen LogP contribution in [0.5, 0.6) is 0 Å². The molecular weight excluding hydrogens is 524 g/mol. The lowest BCUT2D eigenvalue weighted by Gasteiger charge is -2.26. The van der Waals surface area contributed by atoms with Crippen LogP contribution in [0.1, 0.15) is 88.0 Å². The number of rotatable bonds is 13. The first-order valence-electron chi connectivity index (χ1n) is 15.8. The van der Waals surface area contributed by atoms with E-state index in [1.807, 2.05) is 17.4 Å². The molecule has 1 amide bonds. The molecule has 0 saturated carbocycles. The molecule has 2 aromatic heterocycles. The minimum atomic E-state index is 0.152. The molecule has 0 atom stereocenters. The molecule has 41 heavy (non-hydrogen) atoms. The Morgan fingerprint density at radius 2 is 1.68 bits per heavy atom. The monoisotopic (exact) mass is 572 g/mol. The second kappa shape index (κ2) is 14.0. The van der Waals surface area contributed by atoms with Crippen LogP contribution >= 0.6 is 11.3 Å². The number of hydrogen-bond acceptors (Lipinski definition) is 4. The number of carbonyl (C=O) groups excluding carboxylic acids is 1. The summed E-state index contributed by atoms with van der Waals surface area (Å²) in [7, 11) is 0. The quantitative estimate of drug-likeness (QED) is 0.162. The topological polar surface area (TPSA) is 41.4 Å². The van der Waals surface area contributed by atoms with Crippen LogP contribution in [0.2, 0.25) is 0 Å². The Morgan fingerprint density at radius 1 is 0.951 bits per heavy atom. The Morgan fingerprint density at radius 3 is 2.41 bits per heavy atom. The summed E-state index contributed by atoms with van der Waals surface area (Å²) < 4.78 is 3.74. The number of aryl methyl sites for hydroxylation is 1. The summed E-state index contributed by atoms with van der Waals surface area (Å²) in [6, 6.07) is 14.9. The van der Waals surface area contributed by atoms with Gasteiger partial charge in [-0.3, -0.25) is 4.79 Å². The molecule has 0 N–H and O–H groups in total. The Kier molecular flexibility index (Phi) is 10.2. The summed E-state index contributed by atoms with van der Waals surface area (Å²) in [6.45, 7) is 15.0. The summed E-state index contributed by atoms with van der Waals surface area (Å²) in [5.41, 5.74) is 4.21. The van der Waals surface area contributed by atoms with Crippen molar-refractivity contribution in [1.29, 1.82) is 0 Å². The van der Waals surface area contributed by atoms with Crippen LogP contribution in [0.3, 0.4) is 0 Å². The van der Waals surface area contributed by atoms with E-state index in [0.29, 0.717) is 11.8 Å². The van der Waals surface area contributed by atoms with Gasteiger partial charge < -0.3 is 14.4 Å². The number of benzene rings is 2. The van der Waals surface area contributed by atoms with E-state index in [2.05, 4.69) is 83.8 Å². The standard InChI is InChI=1S/C35H48N4OS/c1-26(2)15-21-38(22-16-27(3)4)35(40)28-13-14-31-32(23-28)39(20-10-19-37-17-8-5-9-18-37)34(36-31)24-29-25-41-33-12-7-6-11-30(29)33/h6-7,11-14,23,25-27H,5,8-10,15-22,24H2,1-4H3. The third-order valence-electron chi connectivity index (χ3n) is 8.53. The van der Waals surface area contributed by atoms with Gasteiger partial charge in [-0.2, -0.15) is 0 Å². The molecule has 0 aliphatic carbocycles. The Hall–Kier alpha value is -2.70. The number of imidazole rings is 1. The summed E-state index contributed by atoms with van der Waals surface area (Å²) in [5.74, 6) is 2.40. The van der Waals surface area contributed by atoms with Crippen molar-refractivity contribution in [2.45, 2.75) is 79.2 Å². The molecule has 5 nitrogen and oxygen atoms in total. The van der Waals surface area contributed by atoms with Gasteiger partial charge in [-0.15, -0.1) is 11.3 Å². The molecule has 1 aliphatic heterocycles. The normalized spacial score (nSPS) is 14.6. The molecule has 1 saturated heterocycles. The van der Waals surface area contributed by atoms with E-state index in [1.54, 1.807) is 0 Å².